The molecule has 0 bridgehead atoms. The first-order valence-electron chi connectivity index (χ1n) is 7.11. The summed E-state index contributed by atoms with van der Waals surface area (Å²) in [7, 11) is 0. The Morgan fingerprint density at radius 3 is 2.91 bits per heavy atom. The maximum absolute atomic E-state index is 12.3. The number of carbonyl (C=O) groups is 1. The number of carbonyl (C=O) groups excluding carboxylic acids is 1. The molecule has 6 heteroatoms. The van der Waals surface area contributed by atoms with E-state index in [1.165, 1.54) is 0 Å². The lowest BCUT2D eigenvalue weighted by molar-refractivity contribution is -0.122. The Bertz CT molecular complexity index is 863. The van der Waals surface area contributed by atoms with Crippen LogP contribution in [0, 0.1) is 6.92 Å². The number of nitrogens with one attached hydrogen (secondary N) is 1. The number of aryl methyl sites for hydroxylation is 1. The number of hydrogen-bond acceptors (Lipinski definition) is 4. The topological polar surface area (TPSA) is 51.2 Å². The highest BCUT2D eigenvalue weighted by atomic mass is 35.5. The van der Waals surface area contributed by atoms with E-state index in [0.29, 0.717) is 10.8 Å². The molecule has 23 heavy (non-hydrogen) atoms. The Morgan fingerprint density at radius 2 is 2.13 bits per heavy atom. The van der Waals surface area contributed by atoms with Crippen molar-refractivity contribution in [1.82, 2.24) is 4.98 Å². The summed E-state index contributed by atoms with van der Waals surface area (Å²) < 4.78 is 6.66. The molecule has 1 aromatic heterocycles. The predicted octanol–water partition coefficient (Wildman–Crippen LogP) is 4.66. The Balaban J connectivity index is 1.69. The Kier molecular flexibility index (Phi) is 4.50. The van der Waals surface area contributed by atoms with Gasteiger partial charge in [-0.15, -0.1) is 11.3 Å². The van der Waals surface area contributed by atoms with Crippen LogP contribution < -0.4 is 10.1 Å². The zero-order valence-corrected chi connectivity index (χ0v) is 14.2. The van der Waals surface area contributed by atoms with Crippen LogP contribution in [0.4, 0.5) is 5.69 Å². The van der Waals surface area contributed by atoms with Crippen molar-refractivity contribution in [3.63, 3.8) is 0 Å². The summed E-state index contributed by atoms with van der Waals surface area (Å²) in [5.41, 5.74) is 1.67. The van der Waals surface area contributed by atoms with Crippen LogP contribution >= 0.6 is 22.9 Å². The molecule has 118 valence electrons. The van der Waals surface area contributed by atoms with Gasteiger partial charge in [-0.25, -0.2) is 4.98 Å². The lowest BCUT2D eigenvalue weighted by atomic mass is 10.2. The van der Waals surface area contributed by atoms with Crippen LogP contribution in [0.2, 0.25) is 5.02 Å². The Hall–Kier alpha value is -2.11. The van der Waals surface area contributed by atoms with Gasteiger partial charge in [0, 0.05) is 10.7 Å². The molecule has 0 fully saturated rings. The largest absolute Gasteiger partial charge is 0.481 e. The van der Waals surface area contributed by atoms with Crippen molar-refractivity contribution in [3.8, 4) is 5.75 Å². The van der Waals surface area contributed by atoms with Gasteiger partial charge in [-0.05, 0) is 50.2 Å². The number of benzene rings is 2. The fourth-order valence-electron chi connectivity index (χ4n) is 2.16. The third kappa shape index (κ3) is 3.81. The molecule has 1 atom stereocenters. The molecule has 0 spiro atoms. The molecule has 0 radical (unpaired) electrons. The van der Waals surface area contributed by atoms with E-state index in [0.717, 1.165) is 20.9 Å². The molecule has 3 aromatic rings. The zero-order valence-electron chi connectivity index (χ0n) is 12.7. The molecule has 2 aromatic carbocycles. The molecule has 0 saturated heterocycles. The lowest BCUT2D eigenvalue weighted by Crippen LogP contribution is -2.30. The second kappa shape index (κ2) is 6.56. The number of aromatic nitrogens is 1. The van der Waals surface area contributed by atoms with Crippen LogP contribution in [0.5, 0.6) is 5.75 Å². The van der Waals surface area contributed by atoms with Crippen LogP contribution in [-0.2, 0) is 4.79 Å². The quantitative estimate of drug-likeness (QED) is 0.747. The highest BCUT2D eigenvalue weighted by molar-refractivity contribution is 7.18. The van der Waals surface area contributed by atoms with Gasteiger partial charge >= 0.3 is 0 Å². The SMILES string of the molecule is Cc1nc2ccc(NC(=O)[C@H](C)Oc3cccc(Cl)c3)cc2s1. The maximum Gasteiger partial charge on any atom is 0.265 e. The highest BCUT2D eigenvalue weighted by Gasteiger charge is 2.15. The molecule has 1 N–H and O–H groups in total. The van der Waals surface area contributed by atoms with E-state index < -0.39 is 6.10 Å². The summed E-state index contributed by atoms with van der Waals surface area (Å²) in [4.78, 5) is 16.7. The van der Waals surface area contributed by atoms with E-state index in [9.17, 15) is 4.79 Å². The minimum atomic E-state index is -0.632. The molecular weight excluding hydrogens is 332 g/mol. The summed E-state index contributed by atoms with van der Waals surface area (Å²) in [6, 6.07) is 12.6. The summed E-state index contributed by atoms with van der Waals surface area (Å²) in [6.45, 7) is 3.66. The number of ether oxygens (including phenoxy) is 1. The normalized spacial score (nSPS) is 12.1. The number of amides is 1. The summed E-state index contributed by atoms with van der Waals surface area (Å²) in [6.07, 6.45) is -0.632. The lowest BCUT2D eigenvalue weighted by Gasteiger charge is -2.15. The third-order valence-electron chi connectivity index (χ3n) is 3.24. The number of halogens is 1. The van der Waals surface area contributed by atoms with Crippen molar-refractivity contribution in [2.24, 2.45) is 0 Å². The van der Waals surface area contributed by atoms with Crippen LogP contribution in [0.25, 0.3) is 10.2 Å². The van der Waals surface area contributed by atoms with Crippen LogP contribution in [0.15, 0.2) is 42.5 Å². The molecule has 1 amide bonds. The van der Waals surface area contributed by atoms with Crippen molar-refractivity contribution in [1.29, 1.82) is 0 Å². The first kappa shape index (κ1) is 15.8. The average Bonchev–Trinajstić information content (AvgIpc) is 2.86. The molecule has 0 unspecified atom stereocenters. The average molecular weight is 347 g/mol. The van der Waals surface area contributed by atoms with Gasteiger partial charge in [-0.2, -0.15) is 0 Å². The monoisotopic (exact) mass is 346 g/mol. The smallest absolute Gasteiger partial charge is 0.265 e. The summed E-state index contributed by atoms with van der Waals surface area (Å²) in [5, 5.41) is 4.43. The van der Waals surface area contributed by atoms with Gasteiger partial charge in [-0.3, -0.25) is 4.79 Å². The van der Waals surface area contributed by atoms with Gasteiger partial charge in [0.2, 0.25) is 0 Å². The fraction of sp³-hybridized carbons (Fsp3) is 0.176. The highest BCUT2D eigenvalue weighted by Crippen LogP contribution is 2.25. The van der Waals surface area contributed by atoms with Gasteiger partial charge in [0.1, 0.15) is 5.75 Å². The molecule has 4 nitrogen and oxygen atoms in total. The van der Waals surface area contributed by atoms with Gasteiger partial charge in [0.25, 0.3) is 5.91 Å². The van der Waals surface area contributed by atoms with Crippen molar-refractivity contribution in [3.05, 3.63) is 52.5 Å². The Labute approximate surface area is 143 Å². The number of nitrogens with zero attached hydrogens (tertiary/aromatic N) is 1. The van der Waals surface area contributed by atoms with Crippen LogP contribution in [0.3, 0.4) is 0 Å². The van der Waals surface area contributed by atoms with Gasteiger partial charge in [0.05, 0.1) is 15.2 Å². The first-order chi connectivity index (χ1) is 11.0. The van der Waals surface area contributed by atoms with Gasteiger partial charge < -0.3 is 10.1 Å². The molecule has 3 rings (SSSR count). The van der Waals surface area contributed by atoms with E-state index in [1.807, 2.05) is 25.1 Å². The number of hydrogen-bond donors (Lipinski definition) is 1. The van der Waals surface area contributed by atoms with Crippen molar-refractivity contribution in [2.45, 2.75) is 20.0 Å². The first-order valence-corrected chi connectivity index (χ1v) is 8.31. The van der Waals surface area contributed by atoms with E-state index >= 15 is 0 Å². The minimum Gasteiger partial charge on any atom is -0.481 e. The van der Waals surface area contributed by atoms with E-state index in [2.05, 4.69) is 10.3 Å². The third-order valence-corrected chi connectivity index (χ3v) is 4.41. The standard InChI is InChI=1S/C17H15ClN2O2S/c1-10(22-14-5-3-4-12(18)8-14)17(21)20-13-6-7-15-16(9-13)23-11(2)19-15/h3-10H,1-2H3,(H,20,21)/t10-/m0/s1. The minimum absolute atomic E-state index is 0.217. The predicted molar refractivity (Wildman–Crippen MR) is 94.5 cm³/mol. The summed E-state index contributed by atoms with van der Waals surface area (Å²) in [5.74, 6) is 0.347. The second-order valence-corrected chi connectivity index (χ2v) is 6.79. The molecule has 0 saturated carbocycles. The number of fused-ring (bicyclic) bond motifs is 1. The van der Waals surface area contributed by atoms with Crippen LogP contribution in [0.1, 0.15) is 11.9 Å². The van der Waals surface area contributed by atoms with E-state index in [-0.39, 0.29) is 5.91 Å². The maximum atomic E-state index is 12.3. The Morgan fingerprint density at radius 1 is 1.30 bits per heavy atom. The molecule has 0 aliphatic rings. The fourth-order valence-corrected chi connectivity index (χ4v) is 3.21. The van der Waals surface area contributed by atoms with Crippen molar-refractivity contribution >= 4 is 44.7 Å². The second-order valence-electron chi connectivity index (χ2n) is 5.12. The number of anilines is 1. The van der Waals surface area contributed by atoms with Gasteiger partial charge in [-0.1, -0.05) is 17.7 Å². The molecule has 0 aliphatic carbocycles. The molecule has 1 heterocycles. The number of rotatable bonds is 4. The van der Waals surface area contributed by atoms with Crippen LogP contribution in [-0.4, -0.2) is 17.0 Å². The van der Waals surface area contributed by atoms with Crippen molar-refractivity contribution in [2.75, 3.05) is 5.32 Å². The molecule has 0 aliphatic heterocycles. The molecular formula is C17H15ClN2O2S. The van der Waals surface area contributed by atoms with Crippen molar-refractivity contribution < 1.29 is 9.53 Å². The van der Waals surface area contributed by atoms with E-state index in [4.69, 9.17) is 16.3 Å². The van der Waals surface area contributed by atoms with E-state index in [1.54, 1.807) is 42.5 Å². The van der Waals surface area contributed by atoms with Gasteiger partial charge in [0.15, 0.2) is 6.10 Å². The summed E-state index contributed by atoms with van der Waals surface area (Å²) >= 11 is 7.51. The number of thiazole rings is 1. The zero-order chi connectivity index (χ0) is 16.4.